The number of ether oxygens (including phenoxy) is 1. The van der Waals surface area contributed by atoms with Gasteiger partial charge in [0.25, 0.3) is 0 Å². The van der Waals surface area contributed by atoms with E-state index in [2.05, 4.69) is 38.1 Å². The Balaban J connectivity index is 1.38. The summed E-state index contributed by atoms with van der Waals surface area (Å²) in [6, 6.07) is 14.7. The Morgan fingerprint density at radius 1 is 1.12 bits per heavy atom. The second kappa shape index (κ2) is 8.51. The average Bonchev–Trinajstić information content (AvgIpc) is 3.23. The van der Waals surface area contributed by atoms with E-state index in [0.29, 0.717) is 17.0 Å². The predicted molar refractivity (Wildman–Crippen MR) is 120 cm³/mol. The minimum atomic E-state index is -1.40. The lowest BCUT2D eigenvalue weighted by Gasteiger charge is -2.17. The summed E-state index contributed by atoms with van der Waals surface area (Å²) in [5.74, 6) is 1.39. The maximum atomic E-state index is 13.0. The quantitative estimate of drug-likeness (QED) is 0.462. The van der Waals surface area contributed by atoms with Gasteiger partial charge in [-0.25, -0.2) is 9.37 Å². The minimum absolute atomic E-state index is 0.0507. The van der Waals surface area contributed by atoms with Crippen molar-refractivity contribution in [3.8, 4) is 17.0 Å². The molecular formula is C25H23FN4O2. The van der Waals surface area contributed by atoms with Gasteiger partial charge in [-0.05, 0) is 41.8 Å². The van der Waals surface area contributed by atoms with Crippen LogP contribution >= 0.6 is 0 Å². The number of benzene rings is 2. The number of hydrogen-bond donors (Lipinski definition) is 1. The number of imidazole rings is 1. The van der Waals surface area contributed by atoms with Crippen LogP contribution in [0.15, 0.2) is 60.9 Å². The van der Waals surface area contributed by atoms with E-state index in [0.717, 1.165) is 47.5 Å². The van der Waals surface area contributed by atoms with Crippen LogP contribution in [0.4, 0.5) is 4.39 Å². The smallest absolute Gasteiger partial charge is 0.235 e. The maximum Gasteiger partial charge on any atom is 0.235 e. The second-order valence-electron chi connectivity index (χ2n) is 7.91. The number of nitrogens with one attached hydrogen (secondary N) is 1. The van der Waals surface area contributed by atoms with Gasteiger partial charge in [-0.1, -0.05) is 12.1 Å². The number of ketones is 1. The molecule has 5 rings (SSSR count). The Hall–Kier alpha value is -3.58. The van der Waals surface area contributed by atoms with E-state index in [-0.39, 0.29) is 12.2 Å². The Morgan fingerprint density at radius 3 is 2.78 bits per heavy atom. The van der Waals surface area contributed by atoms with Gasteiger partial charge in [0, 0.05) is 48.4 Å². The molecule has 1 unspecified atom stereocenters. The molecule has 6 nitrogen and oxygen atoms in total. The number of carbonyl (C=O) groups is 1. The first kappa shape index (κ1) is 20.3. The van der Waals surface area contributed by atoms with E-state index in [1.54, 1.807) is 30.5 Å². The highest BCUT2D eigenvalue weighted by atomic mass is 19.1. The van der Waals surface area contributed by atoms with E-state index >= 15 is 0 Å². The molecule has 0 spiro atoms. The van der Waals surface area contributed by atoms with E-state index in [1.807, 2.05) is 12.3 Å². The van der Waals surface area contributed by atoms with E-state index < -0.39 is 6.36 Å². The fourth-order valence-electron chi connectivity index (χ4n) is 4.04. The van der Waals surface area contributed by atoms with Gasteiger partial charge < -0.3 is 14.6 Å². The number of nitrogens with zero attached hydrogens (tertiary/aromatic N) is 3. The van der Waals surface area contributed by atoms with Gasteiger partial charge >= 0.3 is 0 Å². The lowest BCUT2D eigenvalue weighted by molar-refractivity contribution is 0.0860. The largest absolute Gasteiger partial charge is 0.461 e. The van der Waals surface area contributed by atoms with Crippen molar-refractivity contribution in [3.63, 3.8) is 0 Å². The molecular weight excluding hydrogens is 407 g/mol. The molecule has 0 radical (unpaired) electrons. The van der Waals surface area contributed by atoms with Crippen LogP contribution in [0.25, 0.3) is 22.0 Å². The van der Waals surface area contributed by atoms with E-state index in [4.69, 9.17) is 4.74 Å². The molecule has 0 saturated heterocycles. The van der Waals surface area contributed by atoms with Gasteiger partial charge in [0.2, 0.25) is 6.36 Å². The lowest BCUT2D eigenvalue weighted by atomic mass is 10.0. The van der Waals surface area contributed by atoms with Crippen LogP contribution in [0.2, 0.25) is 0 Å². The highest BCUT2D eigenvalue weighted by Gasteiger charge is 2.15. The van der Waals surface area contributed by atoms with Crippen LogP contribution in [-0.4, -0.2) is 33.2 Å². The molecule has 0 aliphatic carbocycles. The van der Waals surface area contributed by atoms with Gasteiger partial charge in [-0.2, -0.15) is 0 Å². The number of hydrogen-bond acceptors (Lipinski definition) is 5. The zero-order chi connectivity index (χ0) is 22.1. The molecule has 32 heavy (non-hydrogen) atoms. The third-order valence-corrected chi connectivity index (χ3v) is 5.62. The summed E-state index contributed by atoms with van der Waals surface area (Å²) >= 11 is 0. The third kappa shape index (κ3) is 4.11. The Bertz CT molecular complexity index is 1280. The SMILES string of the molecule is CC(F)Oc1ccc(C(=O)Cc2cc3cc(-c4cnc5n4CCNC5)ccc3cn2)cc1. The van der Waals surface area contributed by atoms with Crippen LogP contribution < -0.4 is 10.1 Å². The van der Waals surface area contributed by atoms with Crippen LogP contribution in [0.3, 0.4) is 0 Å². The van der Waals surface area contributed by atoms with Gasteiger partial charge in [-0.15, -0.1) is 0 Å². The van der Waals surface area contributed by atoms with Crippen molar-refractivity contribution in [2.45, 2.75) is 32.8 Å². The second-order valence-corrected chi connectivity index (χ2v) is 7.91. The summed E-state index contributed by atoms with van der Waals surface area (Å²) in [7, 11) is 0. The zero-order valence-electron chi connectivity index (χ0n) is 17.7. The fraction of sp³-hybridized carbons (Fsp3) is 0.240. The topological polar surface area (TPSA) is 69.0 Å². The number of aromatic nitrogens is 3. The molecule has 1 aliphatic heterocycles. The molecule has 4 aromatic rings. The molecule has 0 amide bonds. The minimum Gasteiger partial charge on any atom is -0.461 e. The number of Topliss-reactive ketones (excluding diaryl/α,β-unsaturated/α-hetero) is 1. The van der Waals surface area contributed by atoms with Gasteiger partial charge in [0.05, 0.1) is 24.9 Å². The Labute approximate surface area is 185 Å². The van der Waals surface area contributed by atoms with Crippen LogP contribution in [0.5, 0.6) is 5.75 Å². The molecule has 0 fully saturated rings. The molecule has 7 heteroatoms. The molecule has 1 aliphatic rings. The first-order chi connectivity index (χ1) is 15.6. The van der Waals surface area contributed by atoms with Crippen molar-refractivity contribution < 1.29 is 13.9 Å². The van der Waals surface area contributed by atoms with Gasteiger partial charge in [0.15, 0.2) is 5.78 Å². The van der Waals surface area contributed by atoms with Crippen LogP contribution in [0, 0.1) is 0 Å². The standard InChI is InChI=1S/C25H23FN4O2/c1-16(26)32-22-6-4-17(5-7-22)24(31)12-21-11-20-10-18(2-3-19(20)13-28-21)23-14-29-25-15-27-8-9-30(23)25/h2-7,10-11,13-14,16,27H,8-9,12,15H2,1H3. The third-order valence-electron chi connectivity index (χ3n) is 5.62. The summed E-state index contributed by atoms with van der Waals surface area (Å²) in [5, 5.41) is 5.39. The van der Waals surface area contributed by atoms with E-state index in [9.17, 15) is 9.18 Å². The molecule has 3 heterocycles. The van der Waals surface area contributed by atoms with Crippen molar-refractivity contribution in [1.82, 2.24) is 19.9 Å². The molecule has 0 bridgehead atoms. The number of rotatable bonds is 6. The molecule has 2 aromatic heterocycles. The summed E-state index contributed by atoms with van der Waals surface area (Å²) < 4.78 is 20.2. The molecule has 2 aromatic carbocycles. The monoisotopic (exact) mass is 430 g/mol. The first-order valence-corrected chi connectivity index (χ1v) is 10.6. The molecule has 1 atom stereocenters. The summed E-state index contributed by atoms with van der Waals surface area (Å²) in [5.41, 5.74) is 3.44. The van der Waals surface area contributed by atoms with Crippen molar-refractivity contribution in [2.24, 2.45) is 0 Å². The van der Waals surface area contributed by atoms with Gasteiger partial charge in [0.1, 0.15) is 11.6 Å². The van der Waals surface area contributed by atoms with Crippen LogP contribution in [0.1, 0.15) is 28.8 Å². The highest BCUT2D eigenvalue weighted by Crippen LogP contribution is 2.26. The van der Waals surface area contributed by atoms with Crippen molar-refractivity contribution in [2.75, 3.05) is 6.54 Å². The fourth-order valence-corrected chi connectivity index (χ4v) is 4.04. The number of fused-ring (bicyclic) bond motifs is 2. The average molecular weight is 430 g/mol. The Morgan fingerprint density at radius 2 is 1.97 bits per heavy atom. The maximum absolute atomic E-state index is 13.0. The molecule has 1 N–H and O–H groups in total. The number of alkyl halides is 1. The van der Waals surface area contributed by atoms with Crippen molar-refractivity contribution in [1.29, 1.82) is 0 Å². The van der Waals surface area contributed by atoms with Crippen molar-refractivity contribution in [3.05, 3.63) is 78.0 Å². The Kier molecular flexibility index (Phi) is 5.41. The van der Waals surface area contributed by atoms with Crippen LogP contribution in [-0.2, 0) is 19.5 Å². The van der Waals surface area contributed by atoms with Crippen molar-refractivity contribution >= 4 is 16.6 Å². The normalized spacial score (nSPS) is 14.2. The zero-order valence-corrected chi connectivity index (χ0v) is 17.7. The lowest BCUT2D eigenvalue weighted by Crippen LogP contribution is -2.28. The van der Waals surface area contributed by atoms with Gasteiger partial charge in [-0.3, -0.25) is 9.78 Å². The number of carbonyl (C=O) groups excluding carboxylic acids is 1. The number of halogens is 1. The first-order valence-electron chi connectivity index (χ1n) is 10.6. The predicted octanol–water partition coefficient (Wildman–Crippen LogP) is 4.32. The summed E-state index contributed by atoms with van der Waals surface area (Å²) in [6.45, 7) is 3.92. The molecule has 0 saturated carbocycles. The summed E-state index contributed by atoms with van der Waals surface area (Å²) in [6.07, 6.45) is 2.52. The summed E-state index contributed by atoms with van der Waals surface area (Å²) in [4.78, 5) is 21.7. The molecule has 162 valence electrons. The highest BCUT2D eigenvalue weighted by molar-refractivity contribution is 5.98. The number of pyridine rings is 1. The van der Waals surface area contributed by atoms with E-state index in [1.165, 1.54) is 6.92 Å².